The van der Waals surface area contributed by atoms with E-state index >= 15 is 0 Å². The Bertz CT molecular complexity index is 271. The Balaban J connectivity index is 2.66. The fourth-order valence-electron chi connectivity index (χ4n) is 2.95. The Morgan fingerprint density at radius 3 is 2.22 bits per heavy atom. The van der Waals surface area contributed by atoms with E-state index in [1.807, 2.05) is 0 Å². The monoisotopic (exact) mass is 253 g/mol. The Hall–Kier alpha value is -0.370. The molecule has 0 amide bonds. The van der Waals surface area contributed by atoms with E-state index in [1.165, 1.54) is 19.1 Å². The fourth-order valence-corrected chi connectivity index (χ4v) is 2.95. The molecular formula is C16H31NO. The highest BCUT2D eigenvalue weighted by Crippen LogP contribution is 2.38. The van der Waals surface area contributed by atoms with Gasteiger partial charge in [0.25, 0.3) is 0 Å². The summed E-state index contributed by atoms with van der Waals surface area (Å²) in [5.41, 5.74) is 0.182. The molecule has 0 bridgehead atoms. The summed E-state index contributed by atoms with van der Waals surface area (Å²) in [5, 5.41) is 0. The molecule has 0 aromatic carbocycles. The normalized spacial score (nSPS) is 31.4. The zero-order chi connectivity index (χ0) is 14.0. The minimum Gasteiger partial charge on any atom is -0.303 e. The molecule has 2 nitrogen and oxygen atoms in total. The van der Waals surface area contributed by atoms with Gasteiger partial charge in [-0.2, -0.15) is 0 Å². The number of rotatable bonds is 4. The smallest absolute Gasteiger partial charge is 0.127 e. The van der Waals surface area contributed by atoms with Crippen LogP contribution in [0.15, 0.2) is 0 Å². The van der Waals surface area contributed by atoms with Gasteiger partial charge in [0.1, 0.15) is 6.29 Å². The summed E-state index contributed by atoms with van der Waals surface area (Å²) >= 11 is 0. The third-order valence-corrected chi connectivity index (χ3v) is 5.00. The van der Waals surface area contributed by atoms with E-state index in [0.717, 1.165) is 25.3 Å². The first-order valence-electron chi connectivity index (χ1n) is 7.37. The number of aldehydes is 1. The fraction of sp³-hybridized carbons (Fsp3) is 0.938. The van der Waals surface area contributed by atoms with Gasteiger partial charge >= 0.3 is 0 Å². The van der Waals surface area contributed by atoms with Crippen molar-refractivity contribution in [3.05, 3.63) is 0 Å². The Kier molecular flexibility index (Phi) is 4.99. The molecule has 0 aromatic rings. The molecule has 1 atom stereocenters. The summed E-state index contributed by atoms with van der Waals surface area (Å²) in [6.45, 7) is 12.3. The third-order valence-electron chi connectivity index (χ3n) is 5.00. The van der Waals surface area contributed by atoms with Crippen molar-refractivity contribution < 1.29 is 4.79 Å². The van der Waals surface area contributed by atoms with Gasteiger partial charge in [0, 0.05) is 18.0 Å². The number of hydrogen-bond donors (Lipinski definition) is 0. The molecule has 2 heteroatoms. The second-order valence-electron chi connectivity index (χ2n) is 7.62. The van der Waals surface area contributed by atoms with Crippen molar-refractivity contribution in [3.8, 4) is 0 Å². The number of hydrogen-bond acceptors (Lipinski definition) is 2. The van der Waals surface area contributed by atoms with Gasteiger partial charge in [0.2, 0.25) is 0 Å². The van der Waals surface area contributed by atoms with Crippen LogP contribution in [0.2, 0.25) is 0 Å². The summed E-state index contributed by atoms with van der Waals surface area (Å²) in [5.74, 6) is 0.795. The van der Waals surface area contributed by atoms with Crippen LogP contribution in [0.5, 0.6) is 0 Å². The first-order valence-corrected chi connectivity index (χ1v) is 7.37. The van der Waals surface area contributed by atoms with Crippen molar-refractivity contribution >= 4 is 6.29 Å². The van der Waals surface area contributed by atoms with Crippen LogP contribution >= 0.6 is 0 Å². The molecule has 1 aliphatic carbocycles. The summed E-state index contributed by atoms with van der Waals surface area (Å²) < 4.78 is 0. The number of carbonyl (C=O) groups is 1. The highest BCUT2D eigenvalue weighted by atomic mass is 16.1. The standard InChI is InChI=1S/C16H31NO/c1-13-7-9-16(12-18,10-8-13)11-17(6)14(2)15(3,4)5/h12-14H,7-11H2,1-6H3. The van der Waals surface area contributed by atoms with Crippen LogP contribution in [0, 0.1) is 16.7 Å². The SMILES string of the molecule is CC1CCC(C=O)(CN(C)C(C)C(C)(C)C)CC1. The molecule has 1 unspecified atom stereocenters. The van der Waals surface area contributed by atoms with Crippen molar-refractivity contribution in [2.75, 3.05) is 13.6 Å². The molecule has 0 N–H and O–H groups in total. The lowest BCUT2D eigenvalue weighted by Gasteiger charge is -2.42. The maximum atomic E-state index is 11.6. The first-order chi connectivity index (χ1) is 8.20. The van der Waals surface area contributed by atoms with Crippen LogP contribution in [0.4, 0.5) is 0 Å². The van der Waals surface area contributed by atoms with Crippen LogP contribution < -0.4 is 0 Å². The van der Waals surface area contributed by atoms with E-state index < -0.39 is 0 Å². The lowest BCUT2D eigenvalue weighted by Crippen LogP contribution is -2.47. The summed E-state index contributed by atoms with van der Waals surface area (Å²) in [7, 11) is 2.17. The molecule has 1 saturated carbocycles. The number of nitrogens with zero attached hydrogens (tertiary/aromatic N) is 1. The molecule has 0 aliphatic heterocycles. The van der Waals surface area contributed by atoms with Gasteiger partial charge < -0.3 is 9.69 Å². The second kappa shape index (κ2) is 5.73. The maximum Gasteiger partial charge on any atom is 0.127 e. The average Bonchev–Trinajstić information content (AvgIpc) is 2.30. The molecule has 0 heterocycles. The van der Waals surface area contributed by atoms with E-state index in [-0.39, 0.29) is 10.8 Å². The molecule has 1 aliphatic rings. The molecule has 18 heavy (non-hydrogen) atoms. The molecule has 0 saturated heterocycles. The van der Waals surface area contributed by atoms with Crippen LogP contribution in [0.3, 0.4) is 0 Å². The van der Waals surface area contributed by atoms with Crippen molar-refractivity contribution in [2.45, 2.75) is 66.3 Å². The summed E-state index contributed by atoms with van der Waals surface area (Å²) in [6, 6.07) is 0.494. The molecule has 106 valence electrons. The highest BCUT2D eigenvalue weighted by Gasteiger charge is 2.37. The zero-order valence-corrected chi connectivity index (χ0v) is 13.1. The predicted octanol–water partition coefficient (Wildman–Crippen LogP) is 3.75. The Morgan fingerprint density at radius 1 is 1.33 bits per heavy atom. The molecule has 0 spiro atoms. The van der Waals surface area contributed by atoms with Gasteiger partial charge in [0.05, 0.1) is 0 Å². The second-order valence-corrected chi connectivity index (χ2v) is 7.62. The number of carbonyl (C=O) groups excluding carboxylic acids is 1. The minimum atomic E-state index is -0.0826. The zero-order valence-electron chi connectivity index (χ0n) is 13.1. The van der Waals surface area contributed by atoms with Crippen molar-refractivity contribution in [2.24, 2.45) is 16.7 Å². The van der Waals surface area contributed by atoms with Gasteiger partial charge in [-0.1, -0.05) is 27.7 Å². The first kappa shape index (κ1) is 15.7. The van der Waals surface area contributed by atoms with Crippen molar-refractivity contribution in [1.29, 1.82) is 0 Å². The lowest BCUT2D eigenvalue weighted by molar-refractivity contribution is -0.120. The molecule has 0 radical (unpaired) electrons. The largest absolute Gasteiger partial charge is 0.303 e. The van der Waals surface area contributed by atoms with Crippen LogP contribution in [-0.4, -0.2) is 30.8 Å². The average molecular weight is 253 g/mol. The van der Waals surface area contributed by atoms with Gasteiger partial charge in [-0.15, -0.1) is 0 Å². The van der Waals surface area contributed by atoms with E-state index in [4.69, 9.17) is 0 Å². The Morgan fingerprint density at radius 2 is 1.83 bits per heavy atom. The predicted molar refractivity (Wildman–Crippen MR) is 77.7 cm³/mol. The lowest BCUT2D eigenvalue weighted by atomic mass is 9.71. The van der Waals surface area contributed by atoms with E-state index in [1.54, 1.807) is 0 Å². The minimum absolute atomic E-state index is 0.0826. The van der Waals surface area contributed by atoms with Crippen LogP contribution in [-0.2, 0) is 4.79 Å². The van der Waals surface area contributed by atoms with E-state index in [0.29, 0.717) is 6.04 Å². The molecule has 1 fully saturated rings. The summed E-state index contributed by atoms with van der Waals surface area (Å²) in [4.78, 5) is 13.9. The van der Waals surface area contributed by atoms with Crippen molar-refractivity contribution in [3.63, 3.8) is 0 Å². The van der Waals surface area contributed by atoms with E-state index in [9.17, 15) is 4.79 Å². The van der Waals surface area contributed by atoms with Crippen LogP contribution in [0.1, 0.15) is 60.3 Å². The van der Waals surface area contributed by atoms with E-state index in [2.05, 4.69) is 46.6 Å². The maximum absolute atomic E-state index is 11.6. The quantitative estimate of drug-likeness (QED) is 0.711. The highest BCUT2D eigenvalue weighted by molar-refractivity contribution is 5.60. The third kappa shape index (κ3) is 3.81. The van der Waals surface area contributed by atoms with Crippen LogP contribution in [0.25, 0.3) is 0 Å². The van der Waals surface area contributed by atoms with Gasteiger partial charge in [-0.3, -0.25) is 0 Å². The summed E-state index contributed by atoms with van der Waals surface area (Å²) in [6.07, 6.45) is 5.79. The molecule has 0 aromatic heterocycles. The van der Waals surface area contributed by atoms with Gasteiger partial charge in [-0.05, 0) is 51.0 Å². The van der Waals surface area contributed by atoms with Gasteiger partial charge in [-0.25, -0.2) is 0 Å². The molecular weight excluding hydrogens is 222 g/mol. The Labute approximate surface area is 113 Å². The molecule has 1 rings (SSSR count). The topological polar surface area (TPSA) is 20.3 Å². The van der Waals surface area contributed by atoms with Crippen molar-refractivity contribution in [1.82, 2.24) is 4.90 Å². The van der Waals surface area contributed by atoms with Gasteiger partial charge in [0.15, 0.2) is 0 Å².